The van der Waals surface area contributed by atoms with Crippen LogP contribution in [0.15, 0.2) is 0 Å². The Morgan fingerprint density at radius 3 is 2.35 bits per heavy atom. The van der Waals surface area contributed by atoms with Gasteiger partial charge in [0.1, 0.15) is 18.3 Å². The van der Waals surface area contributed by atoms with E-state index >= 15 is 0 Å². The van der Waals surface area contributed by atoms with Crippen molar-refractivity contribution in [3.63, 3.8) is 0 Å². The Morgan fingerprint density at radius 1 is 1.30 bits per heavy atom. The maximum atomic E-state index is 10.7. The number of ether oxygens (including phenoxy) is 2. The Labute approximate surface area is 115 Å². The highest BCUT2D eigenvalue weighted by Gasteiger charge is 2.41. The van der Waals surface area contributed by atoms with Crippen LogP contribution in [0.25, 0.3) is 0 Å². The van der Waals surface area contributed by atoms with Gasteiger partial charge in [-0.25, -0.2) is 4.18 Å². The van der Waals surface area contributed by atoms with Crippen LogP contribution in [0.4, 0.5) is 0 Å². The van der Waals surface area contributed by atoms with Crippen molar-refractivity contribution in [2.75, 3.05) is 20.3 Å². The molecule has 0 amide bonds. The first-order valence-corrected chi connectivity index (χ1v) is 8.03. The summed E-state index contributed by atoms with van der Waals surface area (Å²) < 4.78 is 75.1. The Morgan fingerprint density at radius 2 is 1.90 bits per heavy atom. The maximum absolute atomic E-state index is 10.7. The molecule has 0 saturated carbocycles. The van der Waals surface area contributed by atoms with Gasteiger partial charge in [-0.3, -0.25) is 9.11 Å². The molecule has 0 aromatic rings. The molecule has 0 aliphatic carbocycles. The highest BCUT2D eigenvalue weighted by Crippen LogP contribution is 2.19. The third kappa shape index (κ3) is 5.55. The van der Waals surface area contributed by atoms with Gasteiger partial charge in [-0.2, -0.15) is 21.6 Å². The number of rotatable bonds is 6. The standard InChI is InChI=1S/C7H15NO10S2/c1-16-7-5(3-18-20(13,14)15)17-2-4(6(7)9)8-19(10,11)12/h4-9H,2-3H2,1H3,(H,10,11,12)(H,13,14,15)/t4-,5?,6?,7+/m1/s1. The van der Waals surface area contributed by atoms with Gasteiger partial charge in [0, 0.05) is 7.11 Å². The predicted octanol–water partition coefficient (Wildman–Crippen LogP) is -2.66. The summed E-state index contributed by atoms with van der Waals surface area (Å²) in [5.41, 5.74) is 0. The molecule has 13 heteroatoms. The number of hydrogen-bond donors (Lipinski definition) is 4. The number of aliphatic hydroxyl groups excluding tert-OH is 1. The van der Waals surface area contributed by atoms with Gasteiger partial charge in [0.05, 0.1) is 19.3 Å². The van der Waals surface area contributed by atoms with Crippen molar-refractivity contribution in [1.82, 2.24) is 4.72 Å². The molecule has 1 fully saturated rings. The lowest BCUT2D eigenvalue weighted by Gasteiger charge is -2.38. The van der Waals surface area contributed by atoms with Crippen LogP contribution in [0, 0.1) is 0 Å². The van der Waals surface area contributed by atoms with Gasteiger partial charge in [0.2, 0.25) is 0 Å². The molecular formula is C7H15NO10S2. The number of aliphatic hydroxyl groups is 1. The lowest BCUT2D eigenvalue weighted by Crippen LogP contribution is -2.60. The third-order valence-electron chi connectivity index (χ3n) is 2.56. The summed E-state index contributed by atoms with van der Waals surface area (Å²) in [6.45, 7) is -0.993. The molecule has 0 bridgehead atoms. The zero-order valence-corrected chi connectivity index (χ0v) is 11.9. The summed E-state index contributed by atoms with van der Waals surface area (Å²) in [6.07, 6.45) is -3.62. The number of hydrogen-bond acceptors (Lipinski definition) is 8. The summed E-state index contributed by atoms with van der Waals surface area (Å²) >= 11 is 0. The summed E-state index contributed by atoms with van der Waals surface area (Å²) in [5, 5.41) is 9.88. The van der Waals surface area contributed by atoms with Gasteiger partial charge in [-0.05, 0) is 0 Å². The van der Waals surface area contributed by atoms with E-state index in [1.165, 1.54) is 7.11 Å². The minimum absolute atomic E-state index is 0.361. The lowest BCUT2D eigenvalue weighted by molar-refractivity contribution is -0.167. The third-order valence-corrected chi connectivity index (χ3v) is 3.59. The highest BCUT2D eigenvalue weighted by molar-refractivity contribution is 7.83. The average Bonchev–Trinajstić information content (AvgIpc) is 2.27. The second-order valence-electron chi connectivity index (χ2n) is 3.97. The molecule has 2 unspecified atom stereocenters. The largest absolute Gasteiger partial charge is 0.397 e. The van der Waals surface area contributed by atoms with Crippen LogP contribution in [0.2, 0.25) is 0 Å². The smallest absolute Gasteiger partial charge is 0.389 e. The van der Waals surface area contributed by atoms with E-state index in [2.05, 4.69) is 4.18 Å². The second-order valence-corrected chi connectivity index (χ2v) is 6.25. The van der Waals surface area contributed by atoms with Crippen LogP contribution >= 0.6 is 0 Å². The van der Waals surface area contributed by atoms with E-state index in [0.29, 0.717) is 0 Å². The molecule has 4 atom stereocenters. The van der Waals surface area contributed by atoms with Gasteiger partial charge in [0.15, 0.2) is 0 Å². The van der Waals surface area contributed by atoms with E-state index in [9.17, 15) is 21.9 Å². The topological polar surface area (TPSA) is 169 Å². The quantitative estimate of drug-likeness (QED) is 0.375. The average molecular weight is 337 g/mol. The van der Waals surface area contributed by atoms with Crippen LogP contribution in [0.1, 0.15) is 0 Å². The first-order chi connectivity index (χ1) is 9.03. The molecule has 4 N–H and O–H groups in total. The van der Waals surface area contributed by atoms with E-state index in [-0.39, 0.29) is 6.61 Å². The first kappa shape index (κ1) is 17.7. The monoisotopic (exact) mass is 337 g/mol. The van der Waals surface area contributed by atoms with E-state index in [1.807, 2.05) is 0 Å². The molecule has 1 heterocycles. The van der Waals surface area contributed by atoms with Gasteiger partial charge in [0.25, 0.3) is 0 Å². The molecule has 1 saturated heterocycles. The molecule has 0 radical (unpaired) electrons. The van der Waals surface area contributed by atoms with Gasteiger partial charge in [-0.15, -0.1) is 0 Å². The zero-order valence-electron chi connectivity index (χ0n) is 10.2. The molecule has 20 heavy (non-hydrogen) atoms. The van der Waals surface area contributed by atoms with E-state index in [4.69, 9.17) is 18.6 Å². The summed E-state index contributed by atoms with van der Waals surface area (Å²) in [6, 6.07) is -1.18. The molecule has 0 aromatic heterocycles. The van der Waals surface area contributed by atoms with Crippen molar-refractivity contribution in [2.24, 2.45) is 0 Å². The molecule has 120 valence electrons. The van der Waals surface area contributed by atoms with Crippen molar-refractivity contribution in [3.05, 3.63) is 0 Å². The molecule has 1 rings (SSSR count). The van der Waals surface area contributed by atoms with Crippen LogP contribution in [-0.2, 0) is 34.4 Å². The molecule has 0 spiro atoms. The number of methoxy groups -OCH3 is 1. The fraction of sp³-hybridized carbons (Fsp3) is 1.00. The van der Waals surface area contributed by atoms with Crippen LogP contribution in [0.5, 0.6) is 0 Å². The SMILES string of the molecule is CO[C@H]1C(COS(=O)(=O)O)OC[C@@H](NS(=O)(=O)O)C1O. The Balaban J connectivity index is 2.71. The number of nitrogens with one attached hydrogen (secondary N) is 1. The maximum Gasteiger partial charge on any atom is 0.397 e. The molecule has 1 aliphatic rings. The van der Waals surface area contributed by atoms with Crippen molar-refractivity contribution in [1.29, 1.82) is 0 Å². The molecule has 0 aromatic carbocycles. The fourth-order valence-corrected chi connectivity index (χ4v) is 2.65. The van der Waals surface area contributed by atoms with Crippen molar-refractivity contribution < 1.29 is 44.7 Å². The van der Waals surface area contributed by atoms with Crippen molar-refractivity contribution in [2.45, 2.75) is 24.4 Å². The van der Waals surface area contributed by atoms with Crippen LogP contribution in [-0.4, -0.2) is 75.7 Å². The Kier molecular flexibility index (Phi) is 5.82. The first-order valence-electron chi connectivity index (χ1n) is 5.22. The van der Waals surface area contributed by atoms with Gasteiger partial charge >= 0.3 is 20.7 Å². The lowest BCUT2D eigenvalue weighted by atomic mass is 9.99. The van der Waals surface area contributed by atoms with E-state index < -0.39 is 51.7 Å². The highest BCUT2D eigenvalue weighted by atomic mass is 32.3. The Hall–Kier alpha value is -0.380. The summed E-state index contributed by atoms with van der Waals surface area (Å²) in [4.78, 5) is 0. The van der Waals surface area contributed by atoms with E-state index in [1.54, 1.807) is 4.72 Å². The Bertz CT molecular complexity index is 514. The zero-order chi connectivity index (χ0) is 15.6. The predicted molar refractivity (Wildman–Crippen MR) is 62.5 cm³/mol. The molecule has 11 nitrogen and oxygen atoms in total. The van der Waals surface area contributed by atoms with Gasteiger partial charge in [-0.1, -0.05) is 0 Å². The van der Waals surface area contributed by atoms with Crippen LogP contribution < -0.4 is 4.72 Å². The normalized spacial score (nSPS) is 32.2. The van der Waals surface area contributed by atoms with E-state index in [0.717, 1.165) is 0 Å². The molecular weight excluding hydrogens is 322 g/mol. The summed E-state index contributed by atoms with van der Waals surface area (Å²) in [5.74, 6) is 0. The fourth-order valence-electron chi connectivity index (χ4n) is 1.75. The summed E-state index contributed by atoms with van der Waals surface area (Å²) in [7, 11) is -8.06. The van der Waals surface area contributed by atoms with Gasteiger partial charge < -0.3 is 14.6 Å². The minimum atomic E-state index is -4.68. The van der Waals surface area contributed by atoms with Crippen LogP contribution in [0.3, 0.4) is 0 Å². The minimum Gasteiger partial charge on any atom is -0.389 e. The second kappa shape index (κ2) is 6.59. The van der Waals surface area contributed by atoms with Crippen molar-refractivity contribution >= 4 is 20.7 Å². The van der Waals surface area contributed by atoms with Crippen molar-refractivity contribution in [3.8, 4) is 0 Å². The molecule has 1 aliphatic heterocycles.